The molecule has 0 saturated carbocycles. The van der Waals surface area contributed by atoms with Gasteiger partial charge in [0.15, 0.2) is 11.9 Å². The third kappa shape index (κ3) is 70.9. The number of epoxide rings is 1. The van der Waals surface area contributed by atoms with Crippen LogP contribution in [0.3, 0.4) is 0 Å². The zero-order valence-electron chi connectivity index (χ0n) is 88.8. The smallest absolute Gasteiger partial charge is 0.347 e. The van der Waals surface area contributed by atoms with Crippen molar-refractivity contribution in [3.05, 3.63) is 81.9 Å². The lowest BCUT2D eigenvalue weighted by molar-refractivity contribution is -0.179. The van der Waals surface area contributed by atoms with Gasteiger partial charge in [-0.1, -0.05) is 95.1 Å². The third-order valence-corrected chi connectivity index (χ3v) is 23.1. The van der Waals surface area contributed by atoms with Gasteiger partial charge in [0.05, 0.1) is 328 Å². The lowest BCUT2D eigenvalue weighted by atomic mass is 9.85. The van der Waals surface area contributed by atoms with Gasteiger partial charge in [-0.3, -0.25) is 38.4 Å². The Labute approximate surface area is 875 Å². The summed E-state index contributed by atoms with van der Waals surface area (Å²) in [5.41, 5.74) is 1.95. The predicted octanol–water partition coefficient (Wildman–Crippen LogP) is 7.60. The predicted molar refractivity (Wildman–Crippen MR) is 542 cm³/mol. The molecule has 844 valence electrons. The number of methoxy groups -OCH3 is 1. The summed E-state index contributed by atoms with van der Waals surface area (Å²) in [7, 11) is 1.64. The van der Waals surface area contributed by atoms with Crippen LogP contribution in [0.2, 0.25) is 5.02 Å². The maximum atomic E-state index is 14.3. The highest BCUT2D eigenvalue weighted by atomic mass is 35.5. The zero-order chi connectivity index (χ0) is 106. The molecule has 2 aliphatic heterocycles. The maximum absolute atomic E-state index is 14.3. The van der Waals surface area contributed by atoms with Crippen molar-refractivity contribution in [2.24, 2.45) is 29.1 Å². The van der Waals surface area contributed by atoms with E-state index in [1.165, 1.54) is 6.08 Å². The molecule has 0 spiro atoms. The molecule has 41 nitrogen and oxygen atoms in total. The molecule has 1 fully saturated rings. The molecule has 0 radical (unpaired) electrons. The average Bonchev–Trinajstić information content (AvgIpc) is 1.63. The first-order chi connectivity index (χ1) is 71.4. The number of benzene rings is 2. The summed E-state index contributed by atoms with van der Waals surface area (Å²) in [5.74, 6) is -6.22. The van der Waals surface area contributed by atoms with Crippen LogP contribution in [0.1, 0.15) is 147 Å². The Balaban J connectivity index is 0.925. The van der Waals surface area contributed by atoms with Crippen LogP contribution in [0.15, 0.2) is 54.6 Å². The normalized spacial score (nSPS) is 17.0. The number of nitrogens with one attached hydrogen (secondary N) is 4. The minimum absolute atomic E-state index is 0.0732. The summed E-state index contributed by atoms with van der Waals surface area (Å²) < 4.78 is 151. The number of amides is 4. The average molecular weight is 2120 g/mol. The molecule has 2 heterocycles. The Kier molecular flexibility index (Phi) is 79.7. The van der Waals surface area contributed by atoms with E-state index in [4.69, 9.17) is 145 Å². The van der Waals surface area contributed by atoms with Crippen LogP contribution in [-0.4, -0.2) is 419 Å². The molecule has 0 unspecified atom stereocenters. The SMILES string of the molecule is COCCOCCOCCOCCOCCOCCOCCOCCOCCOCCOCCOCCOCCOCCOCCOCCOCCOCCOCCOCCOCCOCCOCCOCCC(=O)NCCCC[C@H](CC(=O)[C@@H](NC(=O)CCCC(=O)O)C(C)C)C(=O)CCc1ccc([C@H]2O[C@@H]2[C@@H](C)[C@@H]2C/C=C/C(=O)N[C@H](Cc3ccc(C)c(Cl)c3)C(=O)NCC(C)(C)C(=O)O[C@@H](CC(C)C)C(=O)O2)cc1. The van der Waals surface area contributed by atoms with Crippen LogP contribution in [0.25, 0.3) is 0 Å². The summed E-state index contributed by atoms with van der Waals surface area (Å²) in [6, 6.07) is 11.1. The molecule has 42 heteroatoms. The Bertz CT molecular complexity index is 3750. The second kappa shape index (κ2) is 88.5. The molecule has 4 rings (SSSR count). The number of aliphatic carboxylic acids is 1. The number of carbonyl (C=O) groups is 9. The number of halogens is 1. The molecule has 2 aliphatic rings. The van der Waals surface area contributed by atoms with Crippen LogP contribution in [0, 0.1) is 36.0 Å². The van der Waals surface area contributed by atoms with Crippen molar-refractivity contribution < 1.29 is 176 Å². The van der Waals surface area contributed by atoms with Crippen LogP contribution >= 0.6 is 11.6 Å². The molecule has 0 aromatic heterocycles. The first kappa shape index (κ1) is 132. The lowest BCUT2D eigenvalue weighted by Crippen LogP contribution is -2.51. The molecule has 0 aliphatic carbocycles. The number of unbranched alkanes of at least 4 members (excludes halogenated alkanes) is 1. The number of carbonyl (C=O) groups excluding carboxylic acids is 8. The topological polar surface area (TPSA) is 474 Å². The fourth-order valence-corrected chi connectivity index (χ4v) is 14.4. The van der Waals surface area contributed by atoms with Crippen molar-refractivity contribution in [2.75, 3.05) is 331 Å². The summed E-state index contributed by atoms with van der Waals surface area (Å²) in [5, 5.41) is 20.9. The highest BCUT2D eigenvalue weighted by molar-refractivity contribution is 6.31. The quantitative estimate of drug-likeness (QED) is 0.0242. The minimum Gasteiger partial charge on any atom is -0.481 e. The fourth-order valence-electron chi connectivity index (χ4n) is 14.2. The number of rotatable bonds is 97. The molecule has 147 heavy (non-hydrogen) atoms. The van der Waals surface area contributed by atoms with Crippen molar-refractivity contribution in [3.63, 3.8) is 0 Å². The highest BCUT2D eigenvalue weighted by Gasteiger charge is 2.48. The van der Waals surface area contributed by atoms with E-state index in [2.05, 4.69) is 21.3 Å². The molecule has 4 amide bonds. The van der Waals surface area contributed by atoms with Gasteiger partial charge in [0, 0.05) is 82.0 Å². The van der Waals surface area contributed by atoms with Crippen LogP contribution < -0.4 is 21.3 Å². The van der Waals surface area contributed by atoms with Gasteiger partial charge in [-0.25, -0.2) is 4.79 Å². The maximum Gasteiger partial charge on any atom is 0.347 e. The number of esters is 2. The van der Waals surface area contributed by atoms with Crippen molar-refractivity contribution in [3.8, 4) is 0 Å². The summed E-state index contributed by atoms with van der Waals surface area (Å²) in [4.78, 5) is 121. The molecular weight excluding hydrogens is 1940 g/mol. The molecule has 0 bridgehead atoms. The molecule has 1 saturated heterocycles. The number of Topliss-reactive ketones (excluding diaryl/α,β-unsaturated/α-hetero) is 2. The van der Waals surface area contributed by atoms with Gasteiger partial charge in [-0.15, -0.1) is 0 Å². The lowest BCUT2D eigenvalue weighted by Gasteiger charge is -2.29. The van der Waals surface area contributed by atoms with Crippen molar-refractivity contribution >= 4 is 64.7 Å². The van der Waals surface area contributed by atoms with E-state index in [1.54, 1.807) is 46.9 Å². The fraction of sp³-hybridized carbons (Fsp3) is 0.781. The number of carboxylic acid groups (broad SMARTS) is 1. The minimum atomic E-state index is -1.29. The van der Waals surface area contributed by atoms with Gasteiger partial charge >= 0.3 is 17.9 Å². The van der Waals surface area contributed by atoms with E-state index < -0.39 is 89.4 Å². The molecular formula is C105H175ClN4O37. The first-order valence-corrected chi connectivity index (χ1v) is 52.5. The summed E-state index contributed by atoms with van der Waals surface area (Å²) in [6.07, 6.45) is 1.97. The van der Waals surface area contributed by atoms with E-state index in [0.29, 0.717) is 340 Å². The summed E-state index contributed by atoms with van der Waals surface area (Å²) in [6.45, 7) is 35.7. The number of ether oxygens (including phenoxy) is 27. The second-order valence-corrected chi connectivity index (χ2v) is 36.7. The Morgan fingerprint density at radius 2 is 0.864 bits per heavy atom. The van der Waals surface area contributed by atoms with Crippen molar-refractivity contribution in [1.82, 2.24) is 21.3 Å². The molecule has 2 aromatic carbocycles. The van der Waals surface area contributed by atoms with Crippen molar-refractivity contribution in [2.45, 2.75) is 175 Å². The van der Waals surface area contributed by atoms with Gasteiger partial charge in [-0.2, -0.15) is 0 Å². The molecule has 8 atom stereocenters. The molecule has 5 N–H and O–H groups in total. The monoisotopic (exact) mass is 2120 g/mol. The standard InChI is InChI=1S/C105H175ClN4O37/c1-81(2)76-94-103(119)145-93(15-12-16-96(114)109-90(78-86-20-19-83(5)89(106)77-86)102(118)108-80-105(7,8)104(120)146-94)84(6)100-101(147-100)87-24-21-85(22-25-87)23-26-91(111)88(79-92(112)99(82(3)4)110-97(115)17-13-18-98(116)117)14-10-11-28-107-95(113)27-29-122-32-33-124-36-37-126-40-41-128-44-45-130-48-49-132-52-53-134-56-57-136-60-61-138-64-65-140-68-69-142-72-73-144-75-74-143-71-70-141-67-66-139-63-62-137-59-58-135-55-54-133-51-50-131-47-46-129-43-42-127-39-38-125-35-34-123-31-30-121-9/h12,16,19-22,24-25,77,81-82,84,88,90,93-94,99-101H,10-11,13-15,17-18,23,26-76,78-80H2,1-9H3,(H,107,113)(H,108,118)(H,109,114)(H,110,115)(H,116,117)/b16-12+/t84-,88+,90+,93-,94-,99-,100+,101+/m0/s1. The number of carboxylic acids is 1. The number of aryl methyl sites for hydroxylation is 2. The molecule has 2 aromatic rings. The number of ketones is 2. The van der Waals surface area contributed by atoms with E-state index in [-0.39, 0.29) is 107 Å². The Hall–Kier alpha value is -6.90. The van der Waals surface area contributed by atoms with Crippen LogP contribution in [0.5, 0.6) is 0 Å². The first-order valence-electron chi connectivity index (χ1n) is 52.1. The van der Waals surface area contributed by atoms with Gasteiger partial charge in [0.2, 0.25) is 23.6 Å². The van der Waals surface area contributed by atoms with Crippen LogP contribution in [0.4, 0.5) is 0 Å². The zero-order valence-corrected chi connectivity index (χ0v) is 89.6. The van der Waals surface area contributed by atoms with Gasteiger partial charge < -0.3 is 154 Å². The third-order valence-electron chi connectivity index (χ3n) is 22.7. The summed E-state index contributed by atoms with van der Waals surface area (Å²) >= 11 is 6.44. The Morgan fingerprint density at radius 3 is 1.24 bits per heavy atom. The van der Waals surface area contributed by atoms with E-state index >= 15 is 0 Å². The van der Waals surface area contributed by atoms with E-state index in [1.807, 2.05) is 64.1 Å². The van der Waals surface area contributed by atoms with E-state index in [0.717, 1.165) is 16.7 Å². The van der Waals surface area contributed by atoms with Gasteiger partial charge in [0.1, 0.15) is 24.0 Å². The number of cyclic esters (lactones) is 2. The van der Waals surface area contributed by atoms with Crippen LogP contribution in [-0.2, 0) is 184 Å². The largest absolute Gasteiger partial charge is 0.481 e. The number of hydrogen-bond donors (Lipinski definition) is 5. The van der Waals surface area contributed by atoms with Gasteiger partial charge in [0.25, 0.3) is 0 Å². The highest BCUT2D eigenvalue weighted by Crippen LogP contribution is 2.45. The second-order valence-electron chi connectivity index (χ2n) is 36.3. The van der Waals surface area contributed by atoms with E-state index in [9.17, 15) is 43.2 Å². The number of hydrogen-bond acceptors (Lipinski definition) is 36. The van der Waals surface area contributed by atoms with Crippen molar-refractivity contribution in [1.29, 1.82) is 0 Å². The van der Waals surface area contributed by atoms with Gasteiger partial charge in [-0.05, 0) is 99.1 Å². The Morgan fingerprint density at radius 1 is 0.469 bits per heavy atom.